The summed E-state index contributed by atoms with van der Waals surface area (Å²) in [6.07, 6.45) is 2.77. The highest BCUT2D eigenvalue weighted by molar-refractivity contribution is 5.94. The number of carbonyl (C=O) groups excluding carboxylic acids is 4. The number of nitrogens with zero attached hydrogens (tertiary/aromatic N) is 2. The van der Waals surface area contributed by atoms with Crippen LogP contribution in [0.15, 0.2) is 0 Å². The van der Waals surface area contributed by atoms with Crippen LogP contribution in [0.1, 0.15) is 101 Å². The molecule has 1 atom stereocenters. The SMILES string of the molecule is COC(=O)C(CC12CC(C3CCN(C(=O)OC(C)(C)C)CC3)(C1)C2)N(C(=O)OC(C)(C)C)C(=O)OC(C)(C)C. The Morgan fingerprint density at radius 1 is 0.795 bits per heavy atom. The molecule has 3 amide bonds. The summed E-state index contributed by atoms with van der Waals surface area (Å²) in [4.78, 5) is 54.4. The zero-order valence-corrected chi connectivity index (χ0v) is 25.5. The van der Waals surface area contributed by atoms with Crippen molar-refractivity contribution in [1.29, 1.82) is 0 Å². The van der Waals surface area contributed by atoms with E-state index in [2.05, 4.69) is 0 Å². The number of ether oxygens (including phenoxy) is 4. The maximum Gasteiger partial charge on any atom is 0.420 e. The molecule has 2 bridgehead atoms. The van der Waals surface area contributed by atoms with E-state index in [9.17, 15) is 19.2 Å². The normalized spacial score (nSPS) is 25.9. The Morgan fingerprint density at radius 2 is 1.23 bits per heavy atom. The molecule has 0 aromatic heterocycles. The summed E-state index contributed by atoms with van der Waals surface area (Å²) in [5, 5.41) is 0. The van der Waals surface area contributed by atoms with E-state index in [0.717, 1.165) is 37.0 Å². The van der Waals surface area contributed by atoms with Gasteiger partial charge in [-0.25, -0.2) is 19.2 Å². The van der Waals surface area contributed by atoms with Gasteiger partial charge in [-0.15, -0.1) is 0 Å². The minimum absolute atomic E-state index is 0.149. The Morgan fingerprint density at radius 3 is 1.62 bits per heavy atom. The number of carbonyl (C=O) groups is 4. The van der Waals surface area contributed by atoms with Gasteiger partial charge in [0.1, 0.15) is 22.8 Å². The monoisotopic (exact) mass is 552 g/mol. The van der Waals surface area contributed by atoms with Gasteiger partial charge in [0.25, 0.3) is 0 Å². The Labute approximate surface area is 233 Å². The minimum Gasteiger partial charge on any atom is -0.467 e. The van der Waals surface area contributed by atoms with E-state index in [-0.39, 0.29) is 16.9 Å². The van der Waals surface area contributed by atoms with Crippen LogP contribution < -0.4 is 0 Å². The van der Waals surface area contributed by atoms with Gasteiger partial charge >= 0.3 is 24.2 Å². The quantitative estimate of drug-likeness (QED) is 0.306. The second-order valence-corrected chi connectivity index (χ2v) is 14.7. The number of rotatable bonds is 5. The smallest absolute Gasteiger partial charge is 0.420 e. The zero-order valence-electron chi connectivity index (χ0n) is 25.5. The first kappa shape index (κ1) is 31.0. The number of likely N-dealkylation sites (tertiary alicyclic amines) is 1. The van der Waals surface area contributed by atoms with Crippen molar-refractivity contribution in [2.75, 3.05) is 20.2 Å². The van der Waals surface area contributed by atoms with Gasteiger partial charge in [-0.3, -0.25) is 0 Å². The summed E-state index contributed by atoms with van der Waals surface area (Å²) in [5.74, 6) is -0.182. The van der Waals surface area contributed by atoms with Crippen LogP contribution in [-0.2, 0) is 23.7 Å². The predicted molar refractivity (Wildman–Crippen MR) is 144 cm³/mol. The lowest BCUT2D eigenvalue weighted by Gasteiger charge is -2.75. The lowest BCUT2D eigenvalue weighted by Crippen LogP contribution is -2.68. The highest BCUT2D eigenvalue weighted by Crippen LogP contribution is 2.78. The van der Waals surface area contributed by atoms with Gasteiger partial charge in [0.2, 0.25) is 0 Å². The van der Waals surface area contributed by atoms with Crippen LogP contribution in [-0.4, -0.2) is 77.1 Å². The molecule has 4 aliphatic rings. The predicted octanol–water partition coefficient (Wildman–Crippen LogP) is 5.91. The molecule has 3 saturated carbocycles. The van der Waals surface area contributed by atoms with E-state index in [1.807, 2.05) is 20.8 Å². The topological polar surface area (TPSA) is 112 Å². The molecular formula is C29H48N2O8. The van der Waals surface area contributed by atoms with E-state index in [0.29, 0.717) is 25.4 Å². The van der Waals surface area contributed by atoms with Gasteiger partial charge in [0.15, 0.2) is 0 Å². The van der Waals surface area contributed by atoms with Crippen molar-refractivity contribution in [3.8, 4) is 0 Å². The number of piperidine rings is 1. The van der Waals surface area contributed by atoms with Crippen molar-refractivity contribution in [3.63, 3.8) is 0 Å². The fourth-order valence-corrected chi connectivity index (χ4v) is 6.51. The first-order valence-electron chi connectivity index (χ1n) is 14.0. The van der Waals surface area contributed by atoms with Gasteiger partial charge in [0, 0.05) is 13.1 Å². The third-order valence-corrected chi connectivity index (χ3v) is 7.79. The molecule has 1 unspecified atom stereocenters. The number of imide groups is 1. The number of esters is 1. The molecule has 4 fully saturated rings. The van der Waals surface area contributed by atoms with Crippen LogP contribution >= 0.6 is 0 Å². The first-order valence-corrected chi connectivity index (χ1v) is 14.0. The molecule has 10 nitrogen and oxygen atoms in total. The van der Waals surface area contributed by atoms with Gasteiger partial charge in [-0.2, -0.15) is 4.90 Å². The zero-order chi connectivity index (χ0) is 29.6. The molecule has 1 aliphatic heterocycles. The molecule has 0 N–H and O–H groups in total. The number of methoxy groups -OCH3 is 1. The summed E-state index contributed by atoms with van der Waals surface area (Å²) in [6, 6.07) is -1.15. The average molecular weight is 553 g/mol. The Bertz CT molecular complexity index is 915. The molecule has 222 valence electrons. The van der Waals surface area contributed by atoms with Gasteiger partial charge in [0.05, 0.1) is 7.11 Å². The maximum absolute atomic E-state index is 13.2. The maximum atomic E-state index is 13.2. The molecular weight excluding hydrogens is 504 g/mol. The number of amides is 3. The summed E-state index contributed by atoms with van der Waals surface area (Å²) < 4.78 is 21.6. The number of hydrogen-bond donors (Lipinski definition) is 0. The van der Waals surface area contributed by atoms with Crippen LogP contribution in [0.3, 0.4) is 0 Å². The minimum atomic E-state index is -1.15. The first-order chi connectivity index (χ1) is 17.7. The standard InChI is InChI=1S/C29H48N2O8/c1-25(2,3)37-22(33)30-13-11-19(12-14-30)29-16-28(17-29,18-29)15-20(21(32)36-10)31(23(34)38-26(4,5)6)24(35)39-27(7,8)9/h19-20H,11-18H2,1-10H3. The Balaban J connectivity index is 1.68. The second kappa shape index (κ2) is 10.5. The van der Waals surface area contributed by atoms with Crippen LogP contribution in [0.2, 0.25) is 0 Å². The molecule has 0 spiro atoms. The van der Waals surface area contributed by atoms with Crippen molar-refractivity contribution in [2.45, 2.75) is 124 Å². The van der Waals surface area contributed by atoms with Crippen molar-refractivity contribution in [3.05, 3.63) is 0 Å². The van der Waals surface area contributed by atoms with Crippen molar-refractivity contribution >= 4 is 24.2 Å². The molecule has 4 rings (SSSR count). The number of hydrogen-bond acceptors (Lipinski definition) is 8. The molecule has 39 heavy (non-hydrogen) atoms. The third-order valence-electron chi connectivity index (χ3n) is 7.79. The van der Waals surface area contributed by atoms with E-state index in [1.165, 1.54) is 7.11 Å². The second-order valence-electron chi connectivity index (χ2n) is 14.7. The van der Waals surface area contributed by atoms with Crippen LogP contribution in [0.4, 0.5) is 14.4 Å². The van der Waals surface area contributed by atoms with Crippen LogP contribution in [0.25, 0.3) is 0 Å². The Kier molecular flexibility index (Phi) is 8.32. The van der Waals surface area contributed by atoms with Crippen molar-refractivity contribution < 1.29 is 38.1 Å². The lowest BCUT2D eigenvalue weighted by molar-refractivity contribution is -0.250. The fraction of sp³-hybridized carbons (Fsp3) is 0.862. The highest BCUT2D eigenvalue weighted by Gasteiger charge is 2.70. The van der Waals surface area contributed by atoms with Gasteiger partial charge in [-0.05, 0) is 118 Å². The molecule has 1 saturated heterocycles. The lowest BCUT2D eigenvalue weighted by atomic mass is 9.30. The molecule has 10 heteroatoms. The molecule has 0 aromatic carbocycles. The molecule has 3 aliphatic carbocycles. The average Bonchev–Trinajstić information content (AvgIpc) is 2.69. The van der Waals surface area contributed by atoms with Crippen LogP contribution in [0.5, 0.6) is 0 Å². The van der Waals surface area contributed by atoms with Crippen molar-refractivity contribution in [2.24, 2.45) is 16.7 Å². The van der Waals surface area contributed by atoms with E-state index in [1.54, 1.807) is 46.4 Å². The third kappa shape index (κ3) is 7.37. The summed E-state index contributed by atoms with van der Waals surface area (Å²) >= 11 is 0. The summed E-state index contributed by atoms with van der Waals surface area (Å²) in [6.45, 7) is 17.1. The highest BCUT2D eigenvalue weighted by atomic mass is 16.6. The molecule has 0 aromatic rings. The Hall–Kier alpha value is -2.52. The van der Waals surface area contributed by atoms with E-state index < -0.39 is 41.0 Å². The van der Waals surface area contributed by atoms with Crippen LogP contribution in [0, 0.1) is 16.7 Å². The van der Waals surface area contributed by atoms with Crippen molar-refractivity contribution in [1.82, 2.24) is 9.80 Å². The largest absolute Gasteiger partial charge is 0.467 e. The molecule has 1 heterocycles. The van der Waals surface area contributed by atoms with E-state index in [4.69, 9.17) is 18.9 Å². The van der Waals surface area contributed by atoms with Gasteiger partial charge in [-0.1, -0.05) is 0 Å². The van der Waals surface area contributed by atoms with Gasteiger partial charge < -0.3 is 23.8 Å². The summed E-state index contributed by atoms with van der Waals surface area (Å²) in [7, 11) is 1.25. The molecule has 0 radical (unpaired) electrons. The summed E-state index contributed by atoms with van der Waals surface area (Å²) in [5.41, 5.74) is -2.22. The van der Waals surface area contributed by atoms with E-state index >= 15 is 0 Å². The fourth-order valence-electron chi connectivity index (χ4n) is 6.51.